The molecule has 0 radical (unpaired) electrons. The molecule has 1 aliphatic rings. The molecule has 4 nitrogen and oxygen atoms in total. The van der Waals surface area contributed by atoms with E-state index in [1.807, 2.05) is 0 Å². The zero-order valence-electron chi connectivity index (χ0n) is 9.32. The fourth-order valence-electron chi connectivity index (χ4n) is 1.43. The van der Waals surface area contributed by atoms with Gasteiger partial charge < -0.3 is 5.32 Å². The van der Waals surface area contributed by atoms with Gasteiger partial charge in [0.2, 0.25) is 10.0 Å². The van der Waals surface area contributed by atoms with Crippen molar-refractivity contribution in [3.05, 3.63) is 30.1 Å². The van der Waals surface area contributed by atoms with Gasteiger partial charge in [-0.15, -0.1) is 0 Å². The molecule has 0 atom stereocenters. The second-order valence-corrected chi connectivity index (χ2v) is 6.00. The van der Waals surface area contributed by atoms with Gasteiger partial charge in [0.1, 0.15) is 5.82 Å². The first kappa shape index (κ1) is 12.3. The zero-order chi connectivity index (χ0) is 12.3. The summed E-state index contributed by atoms with van der Waals surface area (Å²) in [4.78, 5) is 0. The highest BCUT2D eigenvalue weighted by atomic mass is 32.2. The van der Waals surface area contributed by atoms with E-state index in [2.05, 4.69) is 10.0 Å². The highest BCUT2D eigenvalue weighted by Crippen LogP contribution is 2.18. The van der Waals surface area contributed by atoms with Crippen LogP contribution in [0.1, 0.15) is 12.8 Å². The predicted molar refractivity (Wildman–Crippen MR) is 64.8 cm³/mol. The number of benzene rings is 1. The van der Waals surface area contributed by atoms with Crippen molar-refractivity contribution in [2.24, 2.45) is 0 Å². The van der Waals surface area contributed by atoms with Gasteiger partial charge >= 0.3 is 0 Å². The molecule has 0 amide bonds. The van der Waals surface area contributed by atoms with Crippen LogP contribution in [0.2, 0.25) is 0 Å². The topological polar surface area (TPSA) is 58.2 Å². The van der Waals surface area contributed by atoms with E-state index in [-0.39, 0.29) is 11.6 Å². The van der Waals surface area contributed by atoms with Gasteiger partial charge in [0.25, 0.3) is 0 Å². The van der Waals surface area contributed by atoms with Crippen molar-refractivity contribution < 1.29 is 12.8 Å². The van der Waals surface area contributed by atoms with E-state index >= 15 is 0 Å². The molecule has 1 aromatic rings. The number of sulfonamides is 1. The van der Waals surface area contributed by atoms with Crippen molar-refractivity contribution in [3.63, 3.8) is 0 Å². The number of halogens is 1. The van der Waals surface area contributed by atoms with Crippen LogP contribution in [-0.4, -0.2) is 26.8 Å². The highest BCUT2D eigenvalue weighted by Gasteiger charge is 2.21. The molecule has 1 aliphatic carbocycles. The molecule has 1 aromatic carbocycles. The van der Waals surface area contributed by atoms with Crippen molar-refractivity contribution in [3.8, 4) is 0 Å². The van der Waals surface area contributed by atoms with E-state index < -0.39 is 10.0 Å². The van der Waals surface area contributed by atoms with E-state index in [4.69, 9.17) is 0 Å². The molecule has 0 bridgehead atoms. The number of hydrogen-bond donors (Lipinski definition) is 2. The van der Waals surface area contributed by atoms with Crippen LogP contribution in [-0.2, 0) is 10.0 Å². The summed E-state index contributed by atoms with van der Waals surface area (Å²) in [6.07, 6.45) is 2.26. The van der Waals surface area contributed by atoms with Gasteiger partial charge in [-0.2, -0.15) is 0 Å². The van der Waals surface area contributed by atoms with Gasteiger partial charge in [0, 0.05) is 18.3 Å². The summed E-state index contributed by atoms with van der Waals surface area (Å²) in [7, 11) is -3.35. The molecular weight excluding hydrogens is 243 g/mol. The van der Waals surface area contributed by atoms with Crippen molar-refractivity contribution >= 4 is 15.7 Å². The Kier molecular flexibility index (Phi) is 3.63. The second kappa shape index (κ2) is 5.01. The fraction of sp³-hybridized carbons (Fsp3) is 0.455. The number of nitrogens with one attached hydrogen (secondary N) is 2. The normalized spacial score (nSPS) is 15.8. The molecule has 94 valence electrons. The molecule has 6 heteroatoms. The highest BCUT2D eigenvalue weighted by molar-refractivity contribution is 7.92. The van der Waals surface area contributed by atoms with Crippen molar-refractivity contribution in [2.75, 3.05) is 17.0 Å². The van der Waals surface area contributed by atoms with Crippen LogP contribution >= 0.6 is 0 Å². The molecule has 0 spiro atoms. The lowest BCUT2D eigenvalue weighted by molar-refractivity contribution is 0.595. The van der Waals surface area contributed by atoms with Crippen molar-refractivity contribution in [1.29, 1.82) is 0 Å². The largest absolute Gasteiger partial charge is 0.313 e. The van der Waals surface area contributed by atoms with E-state index in [1.165, 1.54) is 24.3 Å². The predicted octanol–water partition coefficient (Wildman–Crippen LogP) is 1.32. The van der Waals surface area contributed by atoms with Crippen LogP contribution in [0.5, 0.6) is 0 Å². The number of anilines is 1. The Labute approximate surface area is 100 Å². The monoisotopic (exact) mass is 258 g/mol. The molecule has 2 N–H and O–H groups in total. The zero-order valence-corrected chi connectivity index (χ0v) is 10.1. The molecule has 0 saturated heterocycles. The summed E-state index contributed by atoms with van der Waals surface area (Å²) in [5, 5.41) is 3.13. The summed E-state index contributed by atoms with van der Waals surface area (Å²) in [5.41, 5.74) is 0.387. The summed E-state index contributed by atoms with van der Waals surface area (Å²) in [6, 6.07) is 5.75. The minimum atomic E-state index is -3.35. The lowest BCUT2D eigenvalue weighted by Gasteiger charge is -2.08. The molecule has 1 saturated carbocycles. The summed E-state index contributed by atoms with van der Waals surface area (Å²) >= 11 is 0. The minimum absolute atomic E-state index is 0.0286. The SMILES string of the molecule is O=S(=O)(CCNC1CC1)Nc1ccc(F)cc1. The molecule has 0 heterocycles. The maximum absolute atomic E-state index is 12.6. The summed E-state index contributed by atoms with van der Waals surface area (Å²) < 4.78 is 38.3. The Morgan fingerprint density at radius 3 is 2.47 bits per heavy atom. The maximum atomic E-state index is 12.6. The van der Waals surface area contributed by atoms with Crippen molar-refractivity contribution in [1.82, 2.24) is 5.32 Å². The van der Waals surface area contributed by atoms with Crippen LogP contribution in [0.3, 0.4) is 0 Å². The Morgan fingerprint density at radius 1 is 1.24 bits per heavy atom. The molecule has 0 unspecified atom stereocenters. The fourth-order valence-corrected chi connectivity index (χ4v) is 2.42. The van der Waals surface area contributed by atoms with E-state index in [0.717, 1.165) is 12.8 Å². The first-order chi connectivity index (χ1) is 8.05. The molecule has 1 fully saturated rings. The standard InChI is InChI=1S/C11H15FN2O2S/c12-9-1-3-11(4-2-9)14-17(15,16)8-7-13-10-5-6-10/h1-4,10,13-14H,5-8H2. The second-order valence-electron chi connectivity index (χ2n) is 4.16. The first-order valence-electron chi connectivity index (χ1n) is 5.55. The lowest BCUT2D eigenvalue weighted by atomic mass is 10.3. The molecule has 17 heavy (non-hydrogen) atoms. The van der Waals surface area contributed by atoms with Crippen LogP contribution in [0, 0.1) is 5.82 Å². The maximum Gasteiger partial charge on any atom is 0.233 e. The molecule has 0 aromatic heterocycles. The number of rotatable bonds is 6. The Morgan fingerprint density at radius 2 is 1.88 bits per heavy atom. The third-order valence-corrected chi connectivity index (χ3v) is 3.79. The third kappa shape index (κ3) is 4.32. The first-order valence-corrected chi connectivity index (χ1v) is 7.20. The summed E-state index contributed by atoms with van der Waals surface area (Å²) in [6.45, 7) is 0.446. The van der Waals surface area contributed by atoms with Gasteiger partial charge in [-0.3, -0.25) is 4.72 Å². The van der Waals surface area contributed by atoms with E-state index in [9.17, 15) is 12.8 Å². The number of hydrogen-bond acceptors (Lipinski definition) is 3. The van der Waals surface area contributed by atoms with Gasteiger partial charge in [0.05, 0.1) is 5.75 Å². The smallest absolute Gasteiger partial charge is 0.233 e. The lowest BCUT2D eigenvalue weighted by Crippen LogP contribution is -2.27. The third-order valence-electron chi connectivity index (χ3n) is 2.50. The Balaban J connectivity index is 1.84. The van der Waals surface area contributed by atoms with Crippen LogP contribution in [0.4, 0.5) is 10.1 Å². The Bertz CT molecular complexity index is 469. The van der Waals surface area contributed by atoms with Crippen LogP contribution < -0.4 is 10.0 Å². The van der Waals surface area contributed by atoms with Gasteiger partial charge in [-0.1, -0.05) is 0 Å². The van der Waals surface area contributed by atoms with Gasteiger partial charge in [-0.25, -0.2) is 12.8 Å². The van der Waals surface area contributed by atoms with Crippen molar-refractivity contribution in [2.45, 2.75) is 18.9 Å². The van der Waals surface area contributed by atoms with E-state index in [1.54, 1.807) is 0 Å². The van der Waals surface area contributed by atoms with Crippen LogP contribution in [0.15, 0.2) is 24.3 Å². The quantitative estimate of drug-likeness (QED) is 0.809. The van der Waals surface area contributed by atoms with Crippen LogP contribution in [0.25, 0.3) is 0 Å². The Hall–Kier alpha value is -1.14. The molecule has 2 rings (SSSR count). The van der Waals surface area contributed by atoms with Gasteiger partial charge in [0.15, 0.2) is 0 Å². The molecule has 0 aliphatic heterocycles. The molecular formula is C11H15FN2O2S. The average Bonchev–Trinajstić information content (AvgIpc) is 3.05. The van der Waals surface area contributed by atoms with Gasteiger partial charge in [-0.05, 0) is 37.1 Å². The average molecular weight is 258 g/mol. The summed E-state index contributed by atoms with van der Waals surface area (Å²) in [5.74, 6) is -0.357. The van der Waals surface area contributed by atoms with E-state index in [0.29, 0.717) is 18.3 Å². The minimum Gasteiger partial charge on any atom is -0.313 e.